The van der Waals surface area contributed by atoms with Crippen LogP contribution in [0, 0.1) is 5.92 Å². The Balaban J connectivity index is 0.000000183. The number of likely N-dealkylation sites (tertiary alicyclic amines) is 1. The monoisotopic (exact) mass is 713 g/mol. The van der Waals surface area contributed by atoms with Crippen molar-refractivity contribution < 1.29 is 33.8 Å². The number of carboxylic acid groups (broad SMARTS) is 1. The van der Waals surface area contributed by atoms with E-state index in [1.165, 1.54) is 6.42 Å². The molecule has 0 aliphatic carbocycles. The predicted molar refractivity (Wildman–Crippen MR) is 199 cm³/mol. The third-order valence-corrected chi connectivity index (χ3v) is 9.69. The maximum absolute atomic E-state index is 13.0. The fraction of sp³-hybridized carbons (Fsp3) is 0.500. The molecule has 7 rings (SSSR count). The molecule has 12 nitrogen and oxygen atoms in total. The van der Waals surface area contributed by atoms with Crippen LogP contribution in [0.4, 0.5) is 9.59 Å². The Morgan fingerprint density at radius 1 is 0.712 bits per heavy atom. The van der Waals surface area contributed by atoms with Gasteiger partial charge < -0.3 is 39.2 Å². The van der Waals surface area contributed by atoms with Crippen LogP contribution in [0.2, 0.25) is 0 Å². The lowest BCUT2D eigenvalue weighted by Crippen LogP contribution is -2.39. The minimum absolute atomic E-state index is 0.105. The number of nitrogens with zero attached hydrogens (tertiary/aromatic N) is 3. The van der Waals surface area contributed by atoms with Crippen LogP contribution >= 0.6 is 0 Å². The normalized spacial score (nSPS) is 17.6. The summed E-state index contributed by atoms with van der Waals surface area (Å²) in [6.07, 6.45) is 3.09. The van der Waals surface area contributed by atoms with Crippen LogP contribution in [-0.4, -0.2) is 91.2 Å². The van der Waals surface area contributed by atoms with E-state index in [4.69, 9.17) is 14.6 Å². The largest absolute Gasteiger partial charge is 0.478 e. The minimum atomic E-state index is -0.957. The molecular weight excluding hydrogens is 662 g/mol. The van der Waals surface area contributed by atoms with E-state index in [0.29, 0.717) is 38.5 Å². The third kappa shape index (κ3) is 8.21. The summed E-state index contributed by atoms with van der Waals surface area (Å²) in [6.45, 7) is 17.2. The summed E-state index contributed by atoms with van der Waals surface area (Å²) in [5.74, 6) is -0.297. The van der Waals surface area contributed by atoms with Gasteiger partial charge in [0.2, 0.25) is 0 Å². The zero-order valence-corrected chi connectivity index (χ0v) is 31.4. The Bertz CT molecular complexity index is 2010. The third-order valence-electron chi connectivity index (χ3n) is 9.69. The lowest BCUT2D eigenvalue weighted by molar-refractivity contribution is 0.0214. The maximum Gasteiger partial charge on any atom is 0.410 e. The van der Waals surface area contributed by atoms with Crippen molar-refractivity contribution in [2.45, 2.75) is 98.4 Å². The SMILES string of the molecule is CC(C)(C)OC(=O)N1CCc2[nH]c3ccc(C(=O)O)cc3c2C1.CC1CCCN(C(=O)c2ccc3[nH]c4c(c3c2)CN(C(=O)OC(C)(C)C)CC4)C1. The van der Waals surface area contributed by atoms with Crippen molar-refractivity contribution in [3.8, 4) is 0 Å². The van der Waals surface area contributed by atoms with Gasteiger partial charge in [0.25, 0.3) is 5.91 Å². The quantitative estimate of drug-likeness (QED) is 0.195. The number of carbonyl (C=O) groups is 4. The van der Waals surface area contributed by atoms with Gasteiger partial charge in [0.05, 0.1) is 18.7 Å². The van der Waals surface area contributed by atoms with E-state index < -0.39 is 17.2 Å². The second-order valence-corrected chi connectivity index (χ2v) is 16.3. The number of fused-ring (bicyclic) bond motifs is 6. The van der Waals surface area contributed by atoms with E-state index >= 15 is 0 Å². The molecule has 4 aromatic rings. The highest BCUT2D eigenvalue weighted by Crippen LogP contribution is 2.31. The highest BCUT2D eigenvalue weighted by molar-refractivity contribution is 5.99. The zero-order chi connectivity index (χ0) is 37.5. The lowest BCUT2D eigenvalue weighted by Gasteiger charge is -2.31. The van der Waals surface area contributed by atoms with Crippen LogP contribution in [0.5, 0.6) is 0 Å². The first kappa shape index (κ1) is 36.8. The molecule has 2 aromatic heterocycles. The molecule has 278 valence electrons. The van der Waals surface area contributed by atoms with E-state index in [2.05, 4.69) is 16.9 Å². The summed E-state index contributed by atoms with van der Waals surface area (Å²) in [4.78, 5) is 61.2. The van der Waals surface area contributed by atoms with E-state index in [1.807, 2.05) is 64.6 Å². The van der Waals surface area contributed by atoms with E-state index in [-0.39, 0.29) is 23.7 Å². The lowest BCUT2D eigenvalue weighted by atomic mass is 9.99. The van der Waals surface area contributed by atoms with Crippen LogP contribution in [0.3, 0.4) is 0 Å². The van der Waals surface area contributed by atoms with Gasteiger partial charge in [-0.2, -0.15) is 0 Å². The van der Waals surface area contributed by atoms with Gasteiger partial charge in [0, 0.05) is 88.9 Å². The topological polar surface area (TPSA) is 148 Å². The summed E-state index contributed by atoms with van der Waals surface area (Å²) in [6, 6.07) is 10.9. The predicted octanol–water partition coefficient (Wildman–Crippen LogP) is 7.49. The number of rotatable bonds is 2. The first-order valence-corrected chi connectivity index (χ1v) is 18.2. The summed E-state index contributed by atoms with van der Waals surface area (Å²) < 4.78 is 11.0. The molecule has 12 heteroatoms. The fourth-order valence-corrected chi connectivity index (χ4v) is 7.22. The van der Waals surface area contributed by atoms with Crippen LogP contribution in [0.1, 0.15) is 105 Å². The van der Waals surface area contributed by atoms with Crippen molar-refractivity contribution in [2.24, 2.45) is 5.92 Å². The number of H-pyrrole nitrogens is 2. The van der Waals surface area contributed by atoms with Gasteiger partial charge in [-0.05, 0) is 96.7 Å². The molecule has 5 heterocycles. The average Bonchev–Trinajstić information content (AvgIpc) is 3.63. The highest BCUT2D eigenvalue weighted by Gasteiger charge is 2.30. The second-order valence-electron chi connectivity index (χ2n) is 16.3. The number of aromatic carboxylic acids is 1. The van der Waals surface area contributed by atoms with Crippen molar-refractivity contribution in [2.75, 3.05) is 26.2 Å². The number of ether oxygens (including phenoxy) is 2. The molecule has 52 heavy (non-hydrogen) atoms. The molecule has 3 aliphatic heterocycles. The van der Waals surface area contributed by atoms with Crippen molar-refractivity contribution >= 4 is 45.9 Å². The number of benzene rings is 2. The molecule has 1 unspecified atom stereocenters. The first-order valence-electron chi connectivity index (χ1n) is 18.2. The number of carbonyl (C=O) groups excluding carboxylic acids is 3. The fourth-order valence-electron chi connectivity index (χ4n) is 7.22. The number of aromatic nitrogens is 2. The highest BCUT2D eigenvalue weighted by atomic mass is 16.6. The van der Waals surface area contributed by atoms with Crippen LogP contribution < -0.4 is 0 Å². The van der Waals surface area contributed by atoms with E-state index in [9.17, 15) is 19.2 Å². The molecule has 0 bridgehead atoms. The van der Waals surface area contributed by atoms with E-state index in [0.717, 1.165) is 75.8 Å². The minimum Gasteiger partial charge on any atom is -0.478 e. The van der Waals surface area contributed by atoms with Crippen molar-refractivity contribution in [1.82, 2.24) is 24.7 Å². The van der Waals surface area contributed by atoms with Gasteiger partial charge >= 0.3 is 18.2 Å². The van der Waals surface area contributed by atoms with Crippen LogP contribution in [0.25, 0.3) is 21.8 Å². The van der Waals surface area contributed by atoms with Crippen molar-refractivity contribution in [1.29, 1.82) is 0 Å². The molecule has 3 aliphatic rings. The van der Waals surface area contributed by atoms with Gasteiger partial charge in [-0.3, -0.25) is 4.79 Å². The number of hydrogen-bond donors (Lipinski definition) is 3. The molecule has 3 N–H and O–H groups in total. The number of hydrogen-bond acceptors (Lipinski definition) is 6. The zero-order valence-electron chi connectivity index (χ0n) is 31.4. The summed E-state index contributed by atoms with van der Waals surface area (Å²) >= 11 is 0. The molecule has 0 saturated carbocycles. The molecule has 0 spiro atoms. The molecule has 0 radical (unpaired) electrons. The number of carboxylic acids is 1. The molecule has 1 saturated heterocycles. The van der Waals surface area contributed by atoms with Crippen LogP contribution in [-0.2, 0) is 35.4 Å². The summed E-state index contributed by atoms with van der Waals surface area (Å²) in [5, 5.41) is 11.0. The standard InChI is InChI=1S/C23H31N3O3.C17H20N2O4/c1-15-6-5-10-25(13-15)21(27)16-7-8-19-17(12-16)18-14-26(11-9-20(18)24-19)22(28)29-23(2,3)4;1-17(2,3)23-16(22)19-7-6-14-12(9-19)11-8-10(15(20)21)4-5-13(11)18-14/h7-8,12,15,24H,5-6,9-11,13-14H2,1-4H3;4-5,8,18H,6-7,9H2,1-3H3,(H,20,21). The molecule has 1 atom stereocenters. The Morgan fingerprint density at radius 3 is 1.65 bits per heavy atom. The van der Waals surface area contributed by atoms with E-state index in [1.54, 1.807) is 28.0 Å². The number of piperidine rings is 1. The number of nitrogens with one attached hydrogen (secondary N) is 2. The molecule has 2 aromatic carbocycles. The van der Waals surface area contributed by atoms with Crippen LogP contribution in [0.15, 0.2) is 36.4 Å². The van der Waals surface area contributed by atoms with Gasteiger partial charge in [-0.15, -0.1) is 0 Å². The second kappa shape index (κ2) is 14.2. The van der Waals surface area contributed by atoms with Crippen molar-refractivity contribution in [3.05, 3.63) is 70.0 Å². The number of amides is 3. The molecule has 1 fully saturated rings. The first-order chi connectivity index (χ1) is 24.5. The van der Waals surface area contributed by atoms with Crippen molar-refractivity contribution in [3.63, 3.8) is 0 Å². The smallest absolute Gasteiger partial charge is 0.410 e. The summed E-state index contributed by atoms with van der Waals surface area (Å²) in [5.41, 5.74) is 6.11. The molecular formula is C40H51N5O7. The average molecular weight is 714 g/mol. The van der Waals surface area contributed by atoms with Gasteiger partial charge in [0.15, 0.2) is 0 Å². The number of aromatic amines is 2. The van der Waals surface area contributed by atoms with Gasteiger partial charge in [-0.1, -0.05) is 6.92 Å². The maximum atomic E-state index is 13.0. The Kier molecular flexibility index (Phi) is 10.0. The Morgan fingerprint density at radius 2 is 1.19 bits per heavy atom. The Labute approximate surface area is 304 Å². The Hall–Kier alpha value is -5.00. The van der Waals surface area contributed by atoms with Gasteiger partial charge in [0.1, 0.15) is 11.2 Å². The summed E-state index contributed by atoms with van der Waals surface area (Å²) in [7, 11) is 0. The van der Waals surface area contributed by atoms with Gasteiger partial charge in [-0.25, -0.2) is 14.4 Å². The molecule has 3 amide bonds.